The van der Waals surface area contributed by atoms with Crippen LogP contribution in [0.4, 0.5) is 0 Å². The van der Waals surface area contributed by atoms with Crippen molar-refractivity contribution in [2.45, 2.75) is 0 Å². The zero-order chi connectivity index (χ0) is 88.5. The Labute approximate surface area is 772 Å². The van der Waals surface area contributed by atoms with E-state index in [0.29, 0.717) is 0 Å². The second kappa shape index (κ2) is 30.2. The number of nitrogens with zero attached hydrogens (tertiary/aromatic N) is 7. The minimum absolute atomic E-state index is 0.898. The summed E-state index contributed by atoms with van der Waals surface area (Å²) in [4.78, 5) is 35.3. The Hall–Kier alpha value is -18.1. The van der Waals surface area contributed by atoms with Gasteiger partial charge in [-0.2, -0.15) is 0 Å². The van der Waals surface area contributed by atoms with E-state index in [1.54, 1.807) is 6.20 Å². The Morgan fingerprint density at radius 3 is 1.12 bits per heavy atom. The first kappa shape index (κ1) is 75.8. The molecule has 0 aliphatic carbocycles. The quantitative estimate of drug-likeness (QED) is 0.152. The van der Waals surface area contributed by atoms with Crippen molar-refractivity contribution < 1.29 is 4.42 Å². The molecule has 0 N–H and O–H groups in total. The molecular weight excluding hydrogens is 1640 g/mol. The van der Waals surface area contributed by atoms with E-state index in [2.05, 4.69) is 398 Å². The van der Waals surface area contributed by atoms with Crippen LogP contribution in [0.15, 0.2) is 448 Å². The van der Waals surface area contributed by atoms with Crippen LogP contribution in [0, 0.1) is 0 Å². The number of benzene rings is 22. The number of aromatic nitrogens is 7. The summed E-state index contributed by atoms with van der Waals surface area (Å²) in [6, 6.07) is 146. The Bertz CT molecular complexity index is 10200. The predicted molar refractivity (Wildman–Crippen MR) is 568 cm³/mol. The minimum Gasteiger partial charge on any atom is -0.455 e. The van der Waals surface area contributed by atoms with Gasteiger partial charge in [-0.05, 0) is 196 Å². The van der Waals surface area contributed by atoms with E-state index in [1.165, 1.54) is 113 Å². The van der Waals surface area contributed by atoms with Crippen molar-refractivity contribution in [2.75, 3.05) is 0 Å². The smallest absolute Gasteiger partial charge is 0.143 e. The van der Waals surface area contributed by atoms with Gasteiger partial charge in [0.2, 0.25) is 0 Å². The van der Waals surface area contributed by atoms with E-state index >= 15 is 0 Å². The van der Waals surface area contributed by atoms with E-state index in [4.69, 9.17) is 29.3 Å². The number of furan rings is 1. The molecular formula is C127H73N7O. The fraction of sp³-hybridized carbons (Fsp3) is 0. The van der Waals surface area contributed by atoms with Crippen LogP contribution in [-0.2, 0) is 0 Å². The van der Waals surface area contributed by atoms with Crippen LogP contribution in [0.2, 0.25) is 0 Å². The van der Waals surface area contributed by atoms with Crippen LogP contribution in [0.25, 0.3) is 294 Å². The maximum Gasteiger partial charge on any atom is 0.143 e. The minimum atomic E-state index is 0.898. The van der Waals surface area contributed by atoms with Gasteiger partial charge in [-0.3, -0.25) is 19.9 Å². The van der Waals surface area contributed by atoms with Crippen LogP contribution >= 0.6 is 0 Å². The van der Waals surface area contributed by atoms with E-state index < -0.39 is 0 Å². The first-order chi connectivity index (χ1) is 67.0. The van der Waals surface area contributed by atoms with E-state index in [-0.39, 0.29) is 0 Å². The van der Waals surface area contributed by atoms with Crippen molar-refractivity contribution in [1.82, 2.24) is 34.9 Å². The van der Waals surface area contributed by atoms with E-state index in [9.17, 15) is 0 Å². The summed E-state index contributed by atoms with van der Waals surface area (Å²) < 4.78 is 6.79. The highest BCUT2D eigenvalue weighted by atomic mass is 16.3. The van der Waals surface area contributed by atoms with Crippen LogP contribution in [0.5, 0.6) is 0 Å². The summed E-state index contributed by atoms with van der Waals surface area (Å²) in [6.07, 6.45) is 11.3. The molecule has 0 unspecified atom stereocenters. The number of pyridine rings is 7. The largest absolute Gasteiger partial charge is 0.455 e. The van der Waals surface area contributed by atoms with Gasteiger partial charge in [0, 0.05) is 140 Å². The molecule has 0 radical (unpaired) electrons. The summed E-state index contributed by atoms with van der Waals surface area (Å²) >= 11 is 0. The lowest BCUT2D eigenvalue weighted by molar-refractivity contribution is 0.670. The zero-order valence-electron chi connectivity index (χ0n) is 72.7. The lowest BCUT2D eigenvalue weighted by atomic mass is 9.90. The summed E-state index contributed by atoms with van der Waals surface area (Å²) in [5.41, 5.74) is 19.7. The SMILES string of the molecule is c1cc(-c2cc3ccc4cccc5ccc(c2)c3c45)cc(-c2nc3c4ccccc4c4ccccc4c3c3c2ccc2cccnc23)c1.c1cc(-c2nc3c4ccccc4c4ccccc4c3c3ccncc23)cc(-c2cc3ccccc3c3c2oc2ccc4ccccc4c23)c1.c1cncc(-c2ccc(-c3nc4c5ccccc5c5ccccc5c4c4c3ccc3cccnc34)cc2)c1. The second-order valence-corrected chi connectivity index (χ2v) is 35.5. The highest BCUT2D eigenvalue weighted by molar-refractivity contribution is 6.38. The van der Waals surface area contributed by atoms with Gasteiger partial charge >= 0.3 is 0 Å². The third kappa shape index (κ3) is 11.9. The lowest BCUT2D eigenvalue weighted by Gasteiger charge is -2.17. The average Bonchev–Trinajstić information content (AvgIpc) is 0.983. The number of hydrogen-bond acceptors (Lipinski definition) is 8. The summed E-state index contributed by atoms with van der Waals surface area (Å²) in [5, 5.41) is 41.8. The van der Waals surface area contributed by atoms with Crippen molar-refractivity contribution in [3.8, 4) is 67.2 Å². The van der Waals surface area contributed by atoms with Crippen molar-refractivity contribution in [2.24, 2.45) is 0 Å². The monoisotopic (exact) mass is 1710 g/mol. The Morgan fingerprint density at radius 2 is 0.548 bits per heavy atom. The standard InChI is InChI=1S/C46H26N2O.C46H26N2.C35H21N3/c1-3-14-31-27(10-1)20-21-40-42(31)43-32-15-4-2-11-29(32)25-38(46(43)49-40)28-12-9-13-30(24-28)44-39-26-47-23-22-36(39)41-35-18-7-5-16-33(35)34-17-6-8-19-37(34)45(41)48-44;1-3-15-37-35(13-1)36-14-2-4-16-38(36)46-42(37)43-39(22-21-29-12-7-23-47-45(29)43)44(48-46)33-11-6-10-30(24-33)34-25-31-19-17-27-8-5-9-28-18-20-32(26-34)41(31)40(27)28;1-3-11-28-26(9-1)27-10-2-4-12-29(27)35-31(28)32-30(18-17-23-7-6-20-37-34(23)32)33(38-35)24-15-13-22(14-16-24)25-8-5-19-36-21-25/h1-26H;1-26H;1-21H. The highest BCUT2D eigenvalue weighted by Crippen LogP contribution is 2.51. The Kier molecular flexibility index (Phi) is 17.0. The molecule has 22 aromatic carbocycles. The molecule has 0 atom stereocenters. The fourth-order valence-electron chi connectivity index (χ4n) is 22.2. The predicted octanol–water partition coefficient (Wildman–Crippen LogP) is 34.1. The van der Waals surface area contributed by atoms with Gasteiger partial charge in [-0.15, -0.1) is 0 Å². The van der Waals surface area contributed by atoms with Crippen LogP contribution in [-0.4, -0.2) is 34.9 Å². The van der Waals surface area contributed by atoms with Gasteiger partial charge in [-0.1, -0.05) is 346 Å². The summed E-state index contributed by atoms with van der Waals surface area (Å²) in [5.74, 6) is 0. The molecule has 8 heterocycles. The average molecular weight is 1710 g/mol. The third-order valence-electron chi connectivity index (χ3n) is 28.2. The molecule has 0 spiro atoms. The molecule has 30 rings (SSSR count). The van der Waals surface area contributed by atoms with Gasteiger partial charge < -0.3 is 4.42 Å². The van der Waals surface area contributed by atoms with E-state index in [1.807, 2.05) is 49.2 Å². The molecule has 0 fully saturated rings. The van der Waals surface area contributed by atoms with Crippen molar-refractivity contribution >= 4 is 227 Å². The first-order valence-corrected chi connectivity index (χ1v) is 45.9. The van der Waals surface area contributed by atoms with Crippen LogP contribution < -0.4 is 0 Å². The second-order valence-electron chi connectivity index (χ2n) is 35.5. The molecule has 0 saturated heterocycles. The topological polar surface area (TPSA) is 103 Å². The molecule has 135 heavy (non-hydrogen) atoms. The van der Waals surface area contributed by atoms with Gasteiger partial charge in [-0.25, -0.2) is 15.0 Å². The van der Waals surface area contributed by atoms with Crippen LogP contribution in [0.1, 0.15) is 0 Å². The zero-order valence-corrected chi connectivity index (χ0v) is 72.7. The van der Waals surface area contributed by atoms with Crippen molar-refractivity contribution in [3.63, 3.8) is 0 Å². The first-order valence-electron chi connectivity index (χ1n) is 45.9. The lowest BCUT2D eigenvalue weighted by Crippen LogP contribution is -1.94. The van der Waals surface area contributed by atoms with Gasteiger partial charge in [0.1, 0.15) is 11.2 Å². The fourth-order valence-corrected chi connectivity index (χ4v) is 22.2. The highest BCUT2D eigenvalue weighted by Gasteiger charge is 2.26. The van der Waals surface area contributed by atoms with Crippen LogP contribution in [0.3, 0.4) is 0 Å². The molecule has 30 aromatic rings. The molecule has 0 aliphatic heterocycles. The number of hydrogen-bond donors (Lipinski definition) is 0. The molecule has 8 aromatic heterocycles. The van der Waals surface area contributed by atoms with Crippen molar-refractivity contribution in [3.05, 3.63) is 444 Å². The Morgan fingerprint density at radius 1 is 0.163 bits per heavy atom. The number of rotatable bonds is 6. The molecule has 0 saturated carbocycles. The summed E-state index contributed by atoms with van der Waals surface area (Å²) in [7, 11) is 0. The normalized spacial score (nSPS) is 12.0. The molecule has 0 amide bonds. The molecule has 0 aliphatic rings. The molecule has 0 bridgehead atoms. The molecule has 622 valence electrons. The maximum atomic E-state index is 6.79. The third-order valence-corrected chi connectivity index (χ3v) is 28.2. The maximum absolute atomic E-state index is 6.79. The molecule has 8 heteroatoms. The van der Waals surface area contributed by atoms with Gasteiger partial charge in [0.25, 0.3) is 0 Å². The summed E-state index contributed by atoms with van der Waals surface area (Å²) in [6.45, 7) is 0. The van der Waals surface area contributed by atoms with Gasteiger partial charge in [0.15, 0.2) is 0 Å². The van der Waals surface area contributed by atoms with Gasteiger partial charge in [0.05, 0.1) is 44.7 Å². The number of fused-ring (bicyclic) bond motifs is 35. The molecule has 8 nitrogen and oxygen atoms in total. The Balaban J connectivity index is 0.000000101. The van der Waals surface area contributed by atoms with Crippen molar-refractivity contribution in [1.29, 1.82) is 0 Å². The van der Waals surface area contributed by atoms with E-state index in [0.717, 1.165) is 181 Å².